The fourth-order valence-corrected chi connectivity index (χ4v) is 4.63. The summed E-state index contributed by atoms with van der Waals surface area (Å²) in [5, 5.41) is 16.0. The number of carboxylic acid groups (broad SMARTS) is 2. The van der Waals surface area contributed by atoms with E-state index in [4.69, 9.17) is 25.5 Å². The van der Waals surface area contributed by atoms with E-state index in [1.807, 2.05) is 4.90 Å². The molecule has 0 aliphatic carbocycles. The standard InChI is InChI=1S/C21H25F2N3O5.C2HF3O2/c1-20(2,9-22)26-8-17(31-19(28)29)18(27)13-5-14(23)16(6-15(13)26)25-7-12-3-4-30-21(12,10-24)11-25;3-2(4,5)1(6)7/h5-6,8,12H,3-4,7,9-11,24H2,1-2H3,(H,28,29);(H,6,7). The first-order valence-corrected chi connectivity index (χ1v) is 11.3. The Kier molecular flexibility index (Phi) is 7.94. The lowest BCUT2D eigenvalue weighted by molar-refractivity contribution is -0.192. The Morgan fingerprint density at radius 3 is 2.39 bits per heavy atom. The SMILES string of the molecule is CC(C)(CF)n1cc(OC(=O)O)c(=O)c2cc(F)c(N3CC4CCOC4(CN)C3)cc21.O=C(O)C(F)(F)F. The second-order valence-corrected chi connectivity index (χ2v) is 9.61. The van der Waals surface area contributed by atoms with Gasteiger partial charge in [0.2, 0.25) is 5.43 Å². The van der Waals surface area contributed by atoms with Crippen molar-refractivity contribution in [2.24, 2.45) is 11.7 Å². The molecule has 2 fully saturated rings. The summed E-state index contributed by atoms with van der Waals surface area (Å²) in [5.41, 5.74) is 4.05. The molecule has 4 N–H and O–H groups in total. The Hall–Kier alpha value is -3.46. The van der Waals surface area contributed by atoms with Gasteiger partial charge in [0.05, 0.1) is 28.3 Å². The van der Waals surface area contributed by atoms with E-state index in [1.54, 1.807) is 13.8 Å². The lowest BCUT2D eigenvalue weighted by Crippen LogP contribution is -2.44. The molecule has 2 unspecified atom stereocenters. The van der Waals surface area contributed by atoms with Gasteiger partial charge in [-0.2, -0.15) is 13.2 Å². The molecule has 210 valence electrons. The topological polar surface area (TPSA) is 144 Å². The molecule has 2 atom stereocenters. The summed E-state index contributed by atoms with van der Waals surface area (Å²) in [7, 11) is 0. The number of benzene rings is 1. The van der Waals surface area contributed by atoms with Gasteiger partial charge in [0.1, 0.15) is 18.1 Å². The van der Waals surface area contributed by atoms with Crippen LogP contribution in [-0.4, -0.2) is 71.6 Å². The zero-order valence-electron chi connectivity index (χ0n) is 20.3. The first kappa shape index (κ1) is 29.1. The highest BCUT2D eigenvalue weighted by Crippen LogP contribution is 2.41. The van der Waals surface area contributed by atoms with E-state index in [-0.39, 0.29) is 22.5 Å². The maximum atomic E-state index is 15.2. The average Bonchev–Trinajstić information content (AvgIpc) is 3.38. The molecule has 0 bridgehead atoms. The summed E-state index contributed by atoms with van der Waals surface area (Å²) in [4.78, 5) is 34.5. The Balaban J connectivity index is 0.000000505. The number of hydrogen-bond acceptors (Lipinski definition) is 7. The van der Waals surface area contributed by atoms with Crippen LogP contribution >= 0.6 is 0 Å². The number of carbonyl (C=O) groups is 2. The molecule has 1 aromatic heterocycles. The molecule has 3 heterocycles. The van der Waals surface area contributed by atoms with Crippen LogP contribution in [0, 0.1) is 11.7 Å². The fourth-order valence-electron chi connectivity index (χ4n) is 4.63. The number of anilines is 1. The molecular weight excluding hydrogens is 525 g/mol. The average molecular weight is 551 g/mol. The minimum atomic E-state index is -5.08. The molecule has 0 amide bonds. The van der Waals surface area contributed by atoms with Crippen LogP contribution in [-0.2, 0) is 15.1 Å². The van der Waals surface area contributed by atoms with Gasteiger partial charge in [-0.15, -0.1) is 0 Å². The molecule has 0 radical (unpaired) electrons. The molecule has 2 aromatic rings. The molecule has 2 aliphatic heterocycles. The largest absolute Gasteiger partial charge is 0.511 e. The summed E-state index contributed by atoms with van der Waals surface area (Å²) in [5.74, 6) is -3.75. The maximum Gasteiger partial charge on any atom is 0.511 e. The number of hydrogen-bond donors (Lipinski definition) is 3. The smallest absolute Gasteiger partial charge is 0.475 e. The van der Waals surface area contributed by atoms with Crippen molar-refractivity contribution in [2.45, 2.75) is 37.6 Å². The summed E-state index contributed by atoms with van der Waals surface area (Å²) >= 11 is 0. The Morgan fingerprint density at radius 2 is 1.89 bits per heavy atom. The number of rotatable bonds is 5. The van der Waals surface area contributed by atoms with Crippen LogP contribution in [0.15, 0.2) is 23.1 Å². The molecule has 2 aliphatic rings. The van der Waals surface area contributed by atoms with Gasteiger partial charge >= 0.3 is 18.3 Å². The van der Waals surface area contributed by atoms with Crippen LogP contribution in [0.2, 0.25) is 0 Å². The van der Waals surface area contributed by atoms with Crippen LogP contribution in [0.3, 0.4) is 0 Å². The molecule has 0 saturated carbocycles. The van der Waals surface area contributed by atoms with Crippen LogP contribution in [0.5, 0.6) is 5.75 Å². The van der Waals surface area contributed by atoms with Gasteiger partial charge in [-0.1, -0.05) is 0 Å². The summed E-state index contributed by atoms with van der Waals surface area (Å²) in [6.45, 7) is 4.26. The van der Waals surface area contributed by atoms with E-state index in [1.165, 1.54) is 10.6 Å². The molecule has 10 nitrogen and oxygen atoms in total. The lowest BCUT2D eigenvalue weighted by Gasteiger charge is -2.29. The zero-order valence-corrected chi connectivity index (χ0v) is 20.3. The fraction of sp³-hybridized carbons (Fsp3) is 0.522. The van der Waals surface area contributed by atoms with Crippen LogP contribution < -0.4 is 20.8 Å². The van der Waals surface area contributed by atoms with E-state index in [0.717, 1.165) is 18.7 Å². The number of alkyl halides is 4. The third-order valence-corrected chi connectivity index (χ3v) is 6.64. The van der Waals surface area contributed by atoms with Gasteiger partial charge in [-0.3, -0.25) is 4.79 Å². The van der Waals surface area contributed by atoms with Gasteiger partial charge in [0.15, 0.2) is 5.75 Å². The van der Waals surface area contributed by atoms with E-state index < -0.39 is 53.1 Å². The number of nitrogens with two attached hydrogens (primary N) is 1. The number of nitrogens with zero attached hydrogens (tertiary/aromatic N) is 2. The van der Waals surface area contributed by atoms with Crippen molar-refractivity contribution in [1.29, 1.82) is 0 Å². The number of fused-ring (bicyclic) bond motifs is 2. The van der Waals surface area contributed by atoms with Gasteiger partial charge in [-0.25, -0.2) is 18.4 Å². The van der Waals surface area contributed by atoms with E-state index in [2.05, 4.69) is 4.74 Å². The van der Waals surface area contributed by atoms with Gasteiger partial charge in [0.25, 0.3) is 0 Å². The predicted octanol–water partition coefficient (Wildman–Crippen LogP) is 3.09. The number of ether oxygens (including phenoxy) is 2. The van der Waals surface area contributed by atoms with Crippen molar-refractivity contribution in [3.63, 3.8) is 0 Å². The lowest BCUT2D eigenvalue weighted by atomic mass is 9.91. The number of aliphatic carboxylic acids is 1. The first-order chi connectivity index (χ1) is 17.6. The zero-order chi connectivity index (χ0) is 28.6. The summed E-state index contributed by atoms with van der Waals surface area (Å²) in [6.07, 6.45) is -4.78. The van der Waals surface area contributed by atoms with Crippen molar-refractivity contribution in [2.75, 3.05) is 37.8 Å². The molecule has 4 rings (SSSR count). The predicted molar refractivity (Wildman–Crippen MR) is 124 cm³/mol. The van der Waals surface area contributed by atoms with Gasteiger partial charge < -0.3 is 34.9 Å². The Labute approximate surface area is 212 Å². The van der Waals surface area contributed by atoms with Crippen molar-refractivity contribution in [1.82, 2.24) is 4.57 Å². The summed E-state index contributed by atoms with van der Waals surface area (Å²) < 4.78 is 72.6. The monoisotopic (exact) mass is 551 g/mol. The van der Waals surface area contributed by atoms with Gasteiger partial charge in [-0.05, 0) is 32.4 Å². The summed E-state index contributed by atoms with van der Waals surface area (Å²) in [6, 6.07) is 2.55. The van der Waals surface area contributed by atoms with E-state index in [0.29, 0.717) is 26.2 Å². The van der Waals surface area contributed by atoms with E-state index >= 15 is 4.39 Å². The number of aromatic nitrogens is 1. The van der Waals surface area contributed by atoms with Crippen molar-refractivity contribution in [3.05, 3.63) is 34.4 Å². The molecule has 2 saturated heterocycles. The first-order valence-electron chi connectivity index (χ1n) is 11.3. The number of pyridine rings is 1. The van der Waals surface area contributed by atoms with Crippen LogP contribution in [0.4, 0.5) is 32.4 Å². The van der Waals surface area contributed by atoms with Gasteiger partial charge in [0, 0.05) is 32.2 Å². The quantitative estimate of drug-likeness (QED) is 0.377. The molecule has 38 heavy (non-hydrogen) atoms. The number of halogens is 5. The third-order valence-electron chi connectivity index (χ3n) is 6.64. The highest BCUT2D eigenvalue weighted by Gasteiger charge is 2.50. The number of carboxylic acids is 1. The van der Waals surface area contributed by atoms with Crippen molar-refractivity contribution >= 4 is 28.7 Å². The Bertz CT molecular complexity index is 1300. The maximum absolute atomic E-state index is 15.2. The second kappa shape index (κ2) is 10.4. The second-order valence-electron chi connectivity index (χ2n) is 9.61. The third kappa shape index (κ3) is 5.53. The molecule has 15 heteroatoms. The minimum absolute atomic E-state index is 0.0919. The molecule has 1 aromatic carbocycles. The van der Waals surface area contributed by atoms with E-state index in [9.17, 15) is 27.2 Å². The minimum Gasteiger partial charge on any atom is -0.475 e. The Morgan fingerprint density at radius 1 is 1.26 bits per heavy atom. The highest BCUT2D eigenvalue weighted by atomic mass is 19.4. The van der Waals surface area contributed by atoms with Crippen molar-refractivity contribution < 1.29 is 51.2 Å². The molecular formula is C23H26F5N3O7. The van der Waals surface area contributed by atoms with Crippen LogP contribution in [0.1, 0.15) is 20.3 Å². The normalized spacial score (nSPS) is 21.2. The molecule has 0 spiro atoms. The van der Waals surface area contributed by atoms with Crippen LogP contribution in [0.25, 0.3) is 10.9 Å². The van der Waals surface area contributed by atoms with Crippen molar-refractivity contribution in [3.8, 4) is 5.75 Å². The highest BCUT2D eigenvalue weighted by molar-refractivity contribution is 5.85.